The first-order valence-corrected chi connectivity index (χ1v) is 21.6. The summed E-state index contributed by atoms with van der Waals surface area (Å²) in [6, 6.07) is 73.0. The average Bonchev–Trinajstić information content (AvgIpc) is 4.04. The molecule has 7 nitrogen and oxygen atoms in total. The molecule has 0 spiro atoms. The van der Waals surface area contributed by atoms with Crippen LogP contribution in [0.4, 0.5) is 0 Å². The van der Waals surface area contributed by atoms with E-state index in [1.807, 2.05) is 84.9 Å². The smallest absolute Gasteiger partial charge is 0.164 e. The van der Waals surface area contributed by atoms with Crippen molar-refractivity contribution in [2.24, 2.45) is 0 Å². The van der Waals surface area contributed by atoms with Crippen molar-refractivity contribution in [3.8, 4) is 62.7 Å². The van der Waals surface area contributed by atoms with E-state index < -0.39 is 0 Å². The highest BCUT2D eigenvalue weighted by atomic mass is 16.3. The minimum atomic E-state index is 0.476. The van der Waals surface area contributed by atoms with Gasteiger partial charge in [0.1, 0.15) is 17.2 Å². The number of fused-ring (bicyclic) bond motifs is 11. The number of nitrogens with zero attached hydrogens (tertiary/aromatic N) is 6. The van der Waals surface area contributed by atoms with Gasteiger partial charge in [0, 0.05) is 43.9 Å². The quantitative estimate of drug-likeness (QED) is 0.167. The molecule has 65 heavy (non-hydrogen) atoms. The second-order valence-corrected chi connectivity index (χ2v) is 16.3. The lowest BCUT2D eigenvalue weighted by molar-refractivity contribution is 0.669. The van der Waals surface area contributed by atoms with Gasteiger partial charge in [-0.1, -0.05) is 133 Å². The van der Waals surface area contributed by atoms with Crippen LogP contribution in [0.15, 0.2) is 211 Å². The molecule has 7 heteroatoms. The fourth-order valence-electron chi connectivity index (χ4n) is 9.72. The monoisotopic (exact) mass is 830 g/mol. The fourth-order valence-corrected chi connectivity index (χ4v) is 9.72. The Balaban J connectivity index is 1.06. The summed E-state index contributed by atoms with van der Waals surface area (Å²) >= 11 is 0. The van der Waals surface area contributed by atoms with Crippen LogP contribution in [0.1, 0.15) is 5.56 Å². The van der Waals surface area contributed by atoms with E-state index in [0.717, 1.165) is 93.8 Å². The molecule has 0 atom stereocenters. The van der Waals surface area contributed by atoms with Gasteiger partial charge in [-0.3, -0.25) is 0 Å². The number of rotatable bonds is 6. The number of aromatic nitrogens is 5. The van der Waals surface area contributed by atoms with Crippen molar-refractivity contribution in [1.29, 1.82) is 5.26 Å². The van der Waals surface area contributed by atoms with E-state index in [1.165, 1.54) is 5.39 Å². The molecule has 0 saturated carbocycles. The third-order valence-electron chi connectivity index (χ3n) is 12.6. The molecule has 0 fully saturated rings. The fraction of sp³-hybridized carbons (Fsp3) is 0. The number of hydrogen-bond donors (Lipinski definition) is 0. The van der Waals surface area contributed by atoms with E-state index in [1.54, 1.807) is 0 Å². The summed E-state index contributed by atoms with van der Waals surface area (Å²) in [6.45, 7) is 0. The highest BCUT2D eigenvalue weighted by Crippen LogP contribution is 2.46. The van der Waals surface area contributed by atoms with Gasteiger partial charge in [0.05, 0.1) is 44.1 Å². The van der Waals surface area contributed by atoms with Crippen LogP contribution in [0.3, 0.4) is 0 Å². The first kappa shape index (κ1) is 36.5. The lowest BCUT2D eigenvalue weighted by Crippen LogP contribution is -2.02. The molecule has 0 aliphatic rings. The topological polar surface area (TPSA) is 85.5 Å². The van der Waals surface area contributed by atoms with Gasteiger partial charge in [0.2, 0.25) is 0 Å². The van der Waals surface area contributed by atoms with Gasteiger partial charge < -0.3 is 13.6 Å². The summed E-state index contributed by atoms with van der Waals surface area (Å²) in [5.41, 5.74) is 12.6. The Morgan fingerprint density at radius 1 is 0.385 bits per heavy atom. The SMILES string of the molecule is N#Cc1cc(-c2nc(-c3ccccc3)nc(-c3cccc(-c4ccccc4)c3)n2)ccc1-n1c2ccccc2c2ccc3oc4ccc5c6ccccc6n(-c6ccccc6)c5c4c3c21. The van der Waals surface area contributed by atoms with Gasteiger partial charge in [-0.25, -0.2) is 15.0 Å². The summed E-state index contributed by atoms with van der Waals surface area (Å²) in [6.07, 6.45) is 0. The Labute approximate surface area is 372 Å². The molecule has 0 saturated heterocycles. The van der Waals surface area contributed by atoms with Crippen molar-refractivity contribution in [2.75, 3.05) is 0 Å². The second kappa shape index (κ2) is 14.5. The predicted octanol–water partition coefficient (Wildman–Crippen LogP) is 14.5. The summed E-state index contributed by atoms with van der Waals surface area (Å²) in [4.78, 5) is 15.2. The number of nitriles is 1. The molecular formula is C58H34N6O. The van der Waals surface area contributed by atoms with Gasteiger partial charge >= 0.3 is 0 Å². The van der Waals surface area contributed by atoms with Crippen molar-refractivity contribution in [3.63, 3.8) is 0 Å². The molecule has 4 heterocycles. The van der Waals surface area contributed by atoms with Gasteiger partial charge in [-0.2, -0.15) is 5.26 Å². The molecule has 9 aromatic carbocycles. The number of benzene rings is 9. The molecule has 0 aliphatic heterocycles. The van der Waals surface area contributed by atoms with E-state index in [4.69, 9.17) is 19.4 Å². The zero-order valence-electron chi connectivity index (χ0n) is 34.7. The second-order valence-electron chi connectivity index (χ2n) is 16.3. The lowest BCUT2D eigenvalue weighted by atomic mass is 10.0. The van der Waals surface area contributed by atoms with Crippen LogP contribution in [0.2, 0.25) is 0 Å². The summed E-state index contributed by atoms with van der Waals surface area (Å²) in [5, 5.41) is 17.6. The molecule has 4 aromatic heterocycles. The molecule has 0 aliphatic carbocycles. The Kier molecular flexibility index (Phi) is 8.14. The predicted molar refractivity (Wildman–Crippen MR) is 262 cm³/mol. The third-order valence-corrected chi connectivity index (χ3v) is 12.6. The lowest BCUT2D eigenvalue weighted by Gasteiger charge is -2.13. The highest BCUT2D eigenvalue weighted by molar-refractivity contribution is 6.31. The zero-order chi connectivity index (χ0) is 43.0. The van der Waals surface area contributed by atoms with Crippen molar-refractivity contribution in [3.05, 3.63) is 212 Å². The molecule has 0 N–H and O–H groups in total. The van der Waals surface area contributed by atoms with Gasteiger partial charge in [-0.05, 0) is 83.9 Å². The largest absolute Gasteiger partial charge is 0.456 e. The summed E-state index contributed by atoms with van der Waals surface area (Å²) in [5.74, 6) is 1.57. The van der Waals surface area contributed by atoms with E-state index in [9.17, 15) is 5.26 Å². The molecule has 0 amide bonds. The van der Waals surface area contributed by atoms with Crippen LogP contribution in [-0.4, -0.2) is 24.1 Å². The normalized spacial score (nSPS) is 11.7. The van der Waals surface area contributed by atoms with Crippen molar-refractivity contribution >= 4 is 65.6 Å². The average molecular weight is 831 g/mol. The Morgan fingerprint density at radius 2 is 0.877 bits per heavy atom. The van der Waals surface area contributed by atoms with Crippen LogP contribution < -0.4 is 0 Å². The van der Waals surface area contributed by atoms with Crippen LogP contribution in [-0.2, 0) is 0 Å². The van der Waals surface area contributed by atoms with Crippen molar-refractivity contribution in [1.82, 2.24) is 24.1 Å². The van der Waals surface area contributed by atoms with Gasteiger partial charge in [0.25, 0.3) is 0 Å². The van der Waals surface area contributed by atoms with Crippen LogP contribution in [0.25, 0.3) is 122 Å². The van der Waals surface area contributed by atoms with E-state index >= 15 is 0 Å². The Morgan fingerprint density at radius 3 is 1.51 bits per heavy atom. The molecule has 13 aromatic rings. The van der Waals surface area contributed by atoms with Gasteiger partial charge in [0.15, 0.2) is 17.5 Å². The third kappa shape index (κ3) is 5.71. The Bertz CT molecular complexity index is 4070. The maximum atomic E-state index is 11.1. The number of para-hydroxylation sites is 3. The minimum Gasteiger partial charge on any atom is -0.456 e. The molecular weight excluding hydrogens is 797 g/mol. The highest BCUT2D eigenvalue weighted by Gasteiger charge is 2.25. The molecule has 302 valence electrons. The van der Waals surface area contributed by atoms with E-state index in [0.29, 0.717) is 28.6 Å². The molecule has 0 bridgehead atoms. The summed E-state index contributed by atoms with van der Waals surface area (Å²) in [7, 11) is 0. The Hall–Kier alpha value is -9.12. The molecule has 13 rings (SSSR count). The maximum absolute atomic E-state index is 11.1. The minimum absolute atomic E-state index is 0.476. The van der Waals surface area contributed by atoms with Crippen molar-refractivity contribution in [2.45, 2.75) is 0 Å². The van der Waals surface area contributed by atoms with Crippen LogP contribution in [0.5, 0.6) is 0 Å². The summed E-state index contributed by atoms with van der Waals surface area (Å²) < 4.78 is 11.4. The van der Waals surface area contributed by atoms with Crippen LogP contribution >= 0.6 is 0 Å². The number of furan rings is 1. The first-order valence-electron chi connectivity index (χ1n) is 21.6. The number of hydrogen-bond acceptors (Lipinski definition) is 5. The van der Waals surface area contributed by atoms with E-state index in [2.05, 4.69) is 137 Å². The zero-order valence-corrected chi connectivity index (χ0v) is 34.7. The standard InChI is InChI=1S/C58H34N6O/c59-35-41-34-40(58-61-56(37-17-6-2-7-18-37)60-57(62-58)39-20-14-19-38(33-39)36-15-4-1-5-16-36)27-30-47(41)64-49-26-13-11-24-44(49)46-29-32-51-53(55(46)64)52-50(65-51)31-28-45-43-23-10-12-25-48(43)63(54(45)52)42-21-8-3-9-22-42/h1-34H. The van der Waals surface area contributed by atoms with Crippen LogP contribution in [0, 0.1) is 11.3 Å². The van der Waals surface area contributed by atoms with Gasteiger partial charge in [-0.15, -0.1) is 0 Å². The first-order chi connectivity index (χ1) is 32.2. The van der Waals surface area contributed by atoms with Crippen molar-refractivity contribution < 1.29 is 4.42 Å². The van der Waals surface area contributed by atoms with E-state index in [-0.39, 0.29) is 0 Å². The maximum Gasteiger partial charge on any atom is 0.164 e. The molecule has 0 unspecified atom stereocenters. The molecule has 0 radical (unpaired) electrons.